The normalized spacial score (nSPS) is 24.7. The zero-order valence-corrected chi connectivity index (χ0v) is 17.7. The molecule has 1 aromatic carbocycles. The lowest BCUT2D eigenvalue weighted by atomic mass is 9.74. The first kappa shape index (κ1) is 19.8. The summed E-state index contributed by atoms with van der Waals surface area (Å²) in [6.45, 7) is 4.25. The van der Waals surface area contributed by atoms with Crippen molar-refractivity contribution in [3.8, 4) is 5.75 Å². The number of methoxy groups -OCH3 is 2. The van der Waals surface area contributed by atoms with Gasteiger partial charge in [0.1, 0.15) is 5.75 Å². The monoisotopic (exact) mass is 397 g/mol. The van der Waals surface area contributed by atoms with Gasteiger partial charge in [-0.1, -0.05) is 19.4 Å². The Bertz CT molecular complexity index is 933. The highest BCUT2D eigenvalue weighted by molar-refractivity contribution is 5.93. The van der Waals surface area contributed by atoms with Gasteiger partial charge in [0, 0.05) is 36.7 Å². The number of likely N-dealkylation sites (N-methyl/N-ethyl adjacent to an activating group) is 1. The van der Waals surface area contributed by atoms with Crippen LogP contribution in [0.15, 0.2) is 30.0 Å². The minimum Gasteiger partial charge on any atom is -0.504 e. The number of hydrogen-bond donors (Lipinski definition) is 2. The quantitative estimate of drug-likeness (QED) is 0.599. The summed E-state index contributed by atoms with van der Waals surface area (Å²) in [5.41, 5.74) is 4.53. The number of carbonyl (C=O) groups is 1. The van der Waals surface area contributed by atoms with Gasteiger partial charge >= 0.3 is 0 Å². The summed E-state index contributed by atoms with van der Waals surface area (Å²) < 4.78 is 10.9. The lowest BCUT2D eigenvalue weighted by Gasteiger charge is -2.46. The lowest BCUT2D eigenvalue weighted by Crippen LogP contribution is -2.47. The molecule has 6 nitrogen and oxygen atoms in total. The average Bonchev–Trinajstić information content (AvgIpc) is 3.15. The van der Waals surface area contributed by atoms with Gasteiger partial charge in [-0.05, 0) is 42.4 Å². The van der Waals surface area contributed by atoms with Crippen molar-refractivity contribution < 1.29 is 14.3 Å². The molecule has 1 amide bonds. The molecule has 0 spiro atoms. The third-order valence-electron chi connectivity index (χ3n) is 6.74. The number of piperidine rings is 1. The smallest absolute Gasteiger partial charge is 0.250 e. The number of H-pyrrole nitrogens is 1. The molecule has 0 saturated carbocycles. The maximum absolute atomic E-state index is 12.6. The zero-order valence-electron chi connectivity index (χ0n) is 17.7. The number of nitrogens with one attached hydrogen (secondary N) is 2. The van der Waals surface area contributed by atoms with E-state index in [0.717, 1.165) is 49.2 Å². The Morgan fingerprint density at radius 3 is 2.90 bits per heavy atom. The fourth-order valence-electron chi connectivity index (χ4n) is 5.33. The fraction of sp³-hybridized carbons (Fsp3) is 0.522. The van der Waals surface area contributed by atoms with Crippen LogP contribution in [0.3, 0.4) is 0 Å². The maximum Gasteiger partial charge on any atom is 0.250 e. The Morgan fingerprint density at radius 1 is 1.38 bits per heavy atom. The predicted molar refractivity (Wildman–Crippen MR) is 114 cm³/mol. The Balaban J connectivity index is 1.76. The number of carbonyl (C=O) groups excluding carboxylic acids is 1. The summed E-state index contributed by atoms with van der Waals surface area (Å²) in [4.78, 5) is 18.9. The molecule has 2 aliphatic heterocycles. The van der Waals surface area contributed by atoms with Crippen molar-refractivity contribution in [1.29, 1.82) is 0 Å². The highest BCUT2D eigenvalue weighted by atomic mass is 16.5. The van der Waals surface area contributed by atoms with Crippen LogP contribution in [0, 0.1) is 11.8 Å². The van der Waals surface area contributed by atoms with E-state index in [0.29, 0.717) is 5.92 Å². The van der Waals surface area contributed by atoms with E-state index in [1.54, 1.807) is 27.5 Å². The molecule has 29 heavy (non-hydrogen) atoms. The second-order valence-electron chi connectivity index (χ2n) is 8.06. The summed E-state index contributed by atoms with van der Waals surface area (Å²) in [5.74, 6) is 1.49. The third kappa shape index (κ3) is 3.29. The topological polar surface area (TPSA) is 66.6 Å². The van der Waals surface area contributed by atoms with Gasteiger partial charge in [-0.3, -0.25) is 9.69 Å². The minimum atomic E-state index is -0.0434. The third-order valence-corrected chi connectivity index (χ3v) is 6.74. The second-order valence-corrected chi connectivity index (χ2v) is 8.06. The van der Waals surface area contributed by atoms with Crippen molar-refractivity contribution in [1.82, 2.24) is 15.2 Å². The second kappa shape index (κ2) is 8.11. The molecule has 0 aliphatic carbocycles. The van der Waals surface area contributed by atoms with Crippen molar-refractivity contribution in [2.75, 3.05) is 34.4 Å². The summed E-state index contributed by atoms with van der Waals surface area (Å²) in [5, 5.41) is 4.00. The van der Waals surface area contributed by atoms with Crippen LogP contribution in [0.2, 0.25) is 0 Å². The Hall–Kier alpha value is -2.47. The number of nitrogens with zero attached hydrogens (tertiary/aromatic N) is 1. The van der Waals surface area contributed by atoms with Gasteiger partial charge in [0.2, 0.25) is 5.91 Å². The zero-order chi connectivity index (χ0) is 20.5. The number of amides is 1. The van der Waals surface area contributed by atoms with Crippen LogP contribution in [0.25, 0.3) is 10.9 Å². The van der Waals surface area contributed by atoms with E-state index in [9.17, 15) is 4.79 Å². The fourth-order valence-corrected chi connectivity index (χ4v) is 5.33. The summed E-state index contributed by atoms with van der Waals surface area (Å²) in [7, 11) is 5.03. The number of hydrogen-bond acceptors (Lipinski definition) is 4. The van der Waals surface area contributed by atoms with Crippen molar-refractivity contribution in [3.05, 3.63) is 41.3 Å². The van der Waals surface area contributed by atoms with Crippen LogP contribution in [0.1, 0.15) is 37.1 Å². The molecule has 0 unspecified atom stereocenters. The molecule has 156 valence electrons. The van der Waals surface area contributed by atoms with Crippen molar-refractivity contribution in [2.45, 2.75) is 32.2 Å². The molecule has 3 heterocycles. The van der Waals surface area contributed by atoms with E-state index < -0.39 is 0 Å². The van der Waals surface area contributed by atoms with Crippen LogP contribution < -0.4 is 10.1 Å². The van der Waals surface area contributed by atoms with Crippen molar-refractivity contribution in [2.24, 2.45) is 11.8 Å². The first-order valence-corrected chi connectivity index (χ1v) is 10.5. The molecule has 4 rings (SSSR count). The van der Waals surface area contributed by atoms with Gasteiger partial charge in [-0.2, -0.15) is 0 Å². The molecule has 1 aromatic heterocycles. The molecule has 0 radical (unpaired) electrons. The van der Waals surface area contributed by atoms with E-state index >= 15 is 0 Å². The standard InChI is InChI=1S/C23H31N3O3/c1-5-14-12-26-10-9-15-21-18(7-6-8-20(21)29-4)25-22(15)19(26)11-16(14)17(13-28-3)23(27)24-2/h6-8,13-14,16,19,25H,5,9-12H2,1-4H3,(H,24,27)/b17-13+/t14-,16+,19+/m1/s1. The molecule has 3 atom stereocenters. The van der Waals surface area contributed by atoms with Crippen LogP contribution >= 0.6 is 0 Å². The van der Waals surface area contributed by atoms with E-state index in [1.165, 1.54) is 16.6 Å². The molecule has 1 fully saturated rings. The average molecular weight is 398 g/mol. The molecular weight excluding hydrogens is 366 g/mol. The summed E-state index contributed by atoms with van der Waals surface area (Å²) in [6, 6.07) is 6.46. The predicted octanol–water partition coefficient (Wildman–Crippen LogP) is 3.40. The molecule has 2 aromatic rings. The molecule has 1 saturated heterocycles. The van der Waals surface area contributed by atoms with E-state index in [1.807, 2.05) is 12.1 Å². The van der Waals surface area contributed by atoms with Crippen LogP contribution in [-0.2, 0) is 16.0 Å². The van der Waals surface area contributed by atoms with Crippen LogP contribution in [0.5, 0.6) is 5.75 Å². The summed E-state index contributed by atoms with van der Waals surface area (Å²) >= 11 is 0. The molecule has 2 N–H and O–H groups in total. The van der Waals surface area contributed by atoms with Crippen LogP contribution in [-0.4, -0.2) is 50.1 Å². The Morgan fingerprint density at radius 2 is 2.21 bits per heavy atom. The first-order valence-electron chi connectivity index (χ1n) is 10.5. The van der Waals surface area contributed by atoms with Crippen molar-refractivity contribution in [3.63, 3.8) is 0 Å². The Labute approximate surface area is 172 Å². The number of fused-ring (bicyclic) bond motifs is 5. The number of ether oxygens (including phenoxy) is 2. The number of aromatic amines is 1. The van der Waals surface area contributed by atoms with Gasteiger partial charge in [0.15, 0.2) is 0 Å². The van der Waals surface area contributed by atoms with Crippen LogP contribution in [0.4, 0.5) is 0 Å². The van der Waals surface area contributed by atoms with Gasteiger partial charge in [0.25, 0.3) is 0 Å². The largest absolute Gasteiger partial charge is 0.504 e. The van der Waals surface area contributed by atoms with E-state index in [2.05, 4.69) is 28.2 Å². The highest BCUT2D eigenvalue weighted by Crippen LogP contribution is 2.46. The Kier molecular flexibility index (Phi) is 5.54. The van der Waals surface area contributed by atoms with Gasteiger partial charge in [-0.25, -0.2) is 0 Å². The van der Waals surface area contributed by atoms with Gasteiger partial charge in [-0.15, -0.1) is 0 Å². The molecular formula is C23H31N3O3. The maximum atomic E-state index is 12.6. The number of aromatic nitrogens is 1. The minimum absolute atomic E-state index is 0.0434. The van der Waals surface area contributed by atoms with Gasteiger partial charge < -0.3 is 19.8 Å². The number of benzene rings is 1. The lowest BCUT2D eigenvalue weighted by molar-refractivity contribution is -0.118. The van der Waals surface area contributed by atoms with E-state index in [4.69, 9.17) is 9.47 Å². The molecule has 0 bridgehead atoms. The SMILES string of the molecule is CC[C@@H]1CN2CCc3c([nH]c4cccc(OC)c34)[C@@H]2C[C@@H]1/C(=C\OC)C(=O)NC. The molecule has 2 aliphatic rings. The number of rotatable bonds is 5. The van der Waals surface area contributed by atoms with Crippen molar-refractivity contribution >= 4 is 16.8 Å². The highest BCUT2D eigenvalue weighted by Gasteiger charge is 2.42. The van der Waals surface area contributed by atoms with Gasteiger partial charge in [0.05, 0.1) is 32.1 Å². The summed E-state index contributed by atoms with van der Waals surface area (Å²) in [6.07, 6.45) is 4.60. The van der Waals surface area contributed by atoms with E-state index in [-0.39, 0.29) is 17.9 Å². The molecule has 6 heteroatoms. The first-order chi connectivity index (χ1) is 14.1.